The smallest absolute Gasteiger partial charge is 0.272 e. The SMILES string of the molecule is Cc1ccc(Br)c(NC(=O)c2cc(Br)cn2C(C)C)c1. The molecule has 0 saturated carbocycles. The van der Waals surface area contributed by atoms with Gasteiger partial charge in [0.1, 0.15) is 5.69 Å². The van der Waals surface area contributed by atoms with Gasteiger partial charge in [-0.2, -0.15) is 0 Å². The summed E-state index contributed by atoms with van der Waals surface area (Å²) in [5.41, 5.74) is 2.52. The second kappa shape index (κ2) is 6.14. The van der Waals surface area contributed by atoms with Crippen LogP contribution in [0.5, 0.6) is 0 Å². The number of aryl methyl sites for hydroxylation is 1. The number of rotatable bonds is 3. The van der Waals surface area contributed by atoms with Gasteiger partial charge in [-0.05, 0) is 76.4 Å². The quantitative estimate of drug-likeness (QED) is 0.760. The number of carbonyl (C=O) groups excluding carboxylic acids is 1. The summed E-state index contributed by atoms with van der Waals surface area (Å²) in [6.45, 7) is 6.09. The predicted molar refractivity (Wildman–Crippen MR) is 89.3 cm³/mol. The second-order valence-electron chi connectivity index (χ2n) is 4.98. The van der Waals surface area contributed by atoms with Gasteiger partial charge in [0.05, 0.1) is 5.69 Å². The lowest BCUT2D eigenvalue weighted by Gasteiger charge is -2.13. The zero-order valence-corrected chi connectivity index (χ0v) is 14.7. The van der Waals surface area contributed by atoms with Crippen molar-refractivity contribution in [3.05, 3.63) is 50.7 Å². The van der Waals surface area contributed by atoms with Crippen LogP contribution in [0.25, 0.3) is 0 Å². The summed E-state index contributed by atoms with van der Waals surface area (Å²) in [5, 5.41) is 2.95. The highest BCUT2D eigenvalue weighted by atomic mass is 79.9. The van der Waals surface area contributed by atoms with Crippen molar-refractivity contribution in [3.63, 3.8) is 0 Å². The maximum Gasteiger partial charge on any atom is 0.272 e. The van der Waals surface area contributed by atoms with Gasteiger partial charge in [0.25, 0.3) is 5.91 Å². The van der Waals surface area contributed by atoms with Gasteiger partial charge in [0.15, 0.2) is 0 Å². The van der Waals surface area contributed by atoms with Gasteiger partial charge in [-0.25, -0.2) is 0 Å². The maximum atomic E-state index is 12.4. The van der Waals surface area contributed by atoms with E-state index < -0.39 is 0 Å². The third kappa shape index (κ3) is 3.33. The molecular formula is C15H16Br2N2O. The third-order valence-corrected chi connectivity index (χ3v) is 4.10. The Morgan fingerprint density at radius 2 is 1.95 bits per heavy atom. The normalized spacial score (nSPS) is 10.9. The fourth-order valence-electron chi connectivity index (χ4n) is 1.98. The first-order valence-electron chi connectivity index (χ1n) is 6.33. The number of nitrogens with zero attached hydrogens (tertiary/aromatic N) is 1. The van der Waals surface area contributed by atoms with E-state index in [9.17, 15) is 4.79 Å². The van der Waals surface area contributed by atoms with Crippen molar-refractivity contribution >= 4 is 43.5 Å². The maximum absolute atomic E-state index is 12.4. The fourth-order valence-corrected chi connectivity index (χ4v) is 2.76. The summed E-state index contributed by atoms with van der Waals surface area (Å²) in [6, 6.07) is 7.93. The molecule has 3 nitrogen and oxygen atoms in total. The van der Waals surface area contributed by atoms with E-state index in [-0.39, 0.29) is 11.9 Å². The van der Waals surface area contributed by atoms with E-state index in [0.29, 0.717) is 5.69 Å². The Morgan fingerprint density at radius 3 is 2.60 bits per heavy atom. The minimum Gasteiger partial charge on any atom is -0.340 e. The van der Waals surface area contributed by atoms with Gasteiger partial charge in [0.2, 0.25) is 0 Å². The van der Waals surface area contributed by atoms with Crippen LogP contribution in [0.15, 0.2) is 39.4 Å². The van der Waals surface area contributed by atoms with Crippen molar-refractivity contribution in [3.8, 4) is 0 Å². The van der Waals surface area contributed by atoms with Crippen molar-refractivity contribution in [1.29, 1.82) is 0 Å². The molecule has 1 amide bonds. The molecule has 0 atom stereocenters. The average Bonchev–Trinajstić information content (AvgIpc) is 2.76. The highest BCUT2D eigenvalue weighted by Gasteiger charge is 2.16. The predicted octanol–water partition coefficient (Wildman–Crippen LogP) is 5.15. The molecule has 2 rings (SSSR count). The molecule has 2 aromatic rings. The number of carbonyl (C=O) groups is 1. The van der Waals surface area contributed by atoms with Crippen LogP contribution in [0, 0.1) is 6.92 Å². The summed E-state index contributed by atoms with van der Waals surface area (Å²) in [5.74, 6) is -0.115. The van der Waals surface area contributed by atoms with E-state index in [1.54, 1.807) is 0 Å². The molecule has 0 aliphatic heterocycles. The monoisotopic (exact) mass is 398 g/mol. The third-order valence-electron chi connectivity index (χ3n) is 2.97. The van der Waals surface area contributed by atoms with E-state index in [0.717, 1.165) is 20.2 Å². The number of halogens is 2. The zero-order chi connectivity index (χ0) is 14.9. The van der Waals surface area contributed by atoms with Crippen molar-refractivity contribution in [2.75, 3.05) is 5.32 Å². The van der Waals surface area contributed by atoms with Gasteiger partial charge in [-0.15, -0.1) is 0 Å². The van der Waals surface area contributed by atoms with Crippen LogP contribution in [0.4, 0.5) is 5.69 Å². The van der Waals surface area contributed by atoms with Gasteiger partial charge >= 0.3 is 0 Å². The van der Waals surface area contributed by atoms with Crippen LogP contribution in [0.3, 0.4) is 0 Å². The standard InChI is InChI=1S/C15H16Br2N2O/c1-9(2)19-8-11(16)7-14(19)15(20)18-13-6-10(3)4-5-12(13)17/h4-9H,1-3H3,(H,18,20). The zero-order valence-electron chi connectivity index (χ0n) is 11.6. The summed E-state index contributed by atoms with van der Waals surface area (Å²) in [6.07, 6.45) is 1.92. The van der Waals surface area contributed by atoms with E-state index in [2.05, 4.69) is 37.2 Å². The molecule has 0 radical (unpaired) electrons. The number of nitrogens with one attached hydrogen (secondary N) is 1. The fraction of sp³-hybridized carbons (Fsp3) is 0.267. The first kappa shape index (κ1) is 15.3. The van der Waals surface area contributed by atoms with Crippen molar-refractivity contribution in [2.45, 2.75) is 26.8 Å². The van der Waals surface area contributed by atoms with Crippen LogP contribution < -0.4 is 5.32 Å². The van der Waals surface area contributed by atoms with E-state index >= 15 is 0 Å². The minimum atomic E-state index is -0.115. The lowest BCUT2D eigenvalue weighted by molar-refractivity contribution is 0.101. The van der Waals surface area contributed by atoms with Crippen LogP contribution in [0.1, 0.15) is 35.9 Å². The summed E-state index contributed by atoms with van der Waals surface area (Å²) < 4.78 is 3.72. The average molecular weight is 400 g/mol. The second-order valence-corrected chi connectivity index (χ2v) is 6.75. The Morgan fingerprint density at radius 1 is 1.25 bits per heavy atom. The first-order chi connectivity index (χ1) is 9.38. The highest BCUT2D eigenvalue weighted by Crippen LogP contribution is 2.25. The van der Waals surface area contributed by atoms with Crippen LogP contribution in [-0.2, 0) is 0 Å². The van der Waals surface area contributed by atoms with Gasteiger partial charge in [-0.1, -0.05) is 6.07 Å². The van der Waals surface area contributed by atoms with Gasteiger partial charge in [-0.3, -0.25) is 4.79 Å². The molecule has 0 spiro atoms. The van der Waals surface area contributed by atoms with Gasteiger partial charge < -0.3 is 9.88 Å². The number of aromatic nitrogens is 1. The van der Waals surface area contributed by atoms with Crippen LogP contribution >= 0.6 is 31.9 Å². The number of anilines is 1. The Kier molecular flexibility index (Phi) is 4.70. The molecule has 0 unspecified atom stereocenters. The molecule has 1 N–H and O–H groups in total. The molecule has 106 valence electrons. The largest absolute Gasteiger partial charge is 0.340 e. The molecule has 5 heteroatoms. The Balaban J connectivity index is 2.31. The Bertz CT molecular complexity index is 647. The molecule has 1 aromatic carbocycles. The van der Waals surface area contributed by atoms with Crippen molar-refractivity contribution in [2.24, 2.45) is 0 Å². The topological polar surface area (TPSA) is 34.0 Å². The Labute approximate surface area is 135 Å². The Hall–Kier alpha value is -1.07. The summed E-state index contributed by atoms with van der Waals surface area (Å²) in [7, 11) is 0. The molecule has 0 bridgehead atoms. The van der Waals surface area contributed by atoms with E-state index in [4.69, 9.17) is 0 Å². The molecular weight excluding hydrogens is 384 g/mol. The highest BCUT2D eigenvalue weighted by molar-refractivity contribution is 9.10. The number of amides is 1. The summed E-state index contributed by atoms with van der Waals surface area (Å²) >= 11 is 6.87. The van der Waals surface area contributed by atoms with E-state index in [1.807, 2.05) is 55.8 Å². The minimum absolute atomic E-state index is 0.115. The van der Waals surface area contributed by atoms with Crippen LogP contribution in [0.2, 0.25) is 0 Å². The van der Waals surface area contributed by atoms with E-state index in [1.165, 1.54) is 0 Å². The molecule has 0 saturated heterocycles. The first-order valence-corrected chi connectivity index (χ1v) is 7.92. The lowest BCUT2D eigenvalue weighted by Crippen LogP contribution is -2.18. The molecule has 20 heavy (non-hydrogen) atoms. The number of benzene rings is 1. The van der Waals surface area contributed by atoms with Gasteiger partial charge in [0, 0.05) is 21.2 Å². The molecule has 0 fully saturated rings. The number of hydrogen-bond acceptors (Lipinski definition) is 1. The number of hydrogen-bond donors (Lipinski definition) is 1. The molecule has 1 heterocycles. The van der Waals surface area contributed by atoms with Crippen molar-refractivity contribution < 1.29 is 4.79 Å². The van der Waals surface area contributed by atoms with Crippen molar-refractivity contribution in [1.82, 2.24) is 4.57 Å². The molecule has 1 aromatic heterocycles. The lowest BCUT2D eigenvalue weighted by atomic mass is 10.2. The molecule has 0 aliphatic carbocycles. The molecule has 0 aliphatic rings. The van der Waals surface area contributed by atoms with Crippen LogP contribution in [-0.4, -0.2) is 10.5 Å². The summed E-state index contributed by atoms with van der Waals surface area (Å²) in [4.78, 5) is 12.4.